The molecule has 1 atom stereocenters. The SMILES string of the molecule is O=C(COc1cccc(F)c1)NCC(O)c1ccccc1. The topological polar surface area (TPSA) is 58.6 Å². The molecule has 2 aromatic carbocycles. The summed E-state index contributed by atoms with van der Waals surface area (Å²) in [5, 5.41) is 12.4. The van der Waals surface area contributed by atoms with Gasteiger partial charge < -0.3 is 15.2 Å². The summed E-state index contributed by atoms with van der Waals surface area (Å²) in [5.74, 6) is -0.518. The van der Waals surface area contributed by atoms with Crippen molar-refractivity contribution < 1.29 is 19.0 Å². The van der Waals surface area contributed by atoms with Gasteiger partial charge >= 0.3 is 0 Å². The smallest absolute Gasteiger partial charge is 0.258 e. The third-order valence-electron chi connectivity index (χ3n) is 2.84. The van der Waals surface area contributed by atoms with Crippen molar-refractivity contribution in [3.05, 3.63) is 66.0 Å². The fraction of sp³-hybridized carbons (Fsp3) is 0.188. The largest absolute Gasteiger partial charge is 0.484 e. The zero-order valence-corrected chi connectivity index (χ0v) is 11.3. The fourth-order valence-corrected chi connectivity index (χ4v) is 1.76. The Bertz CT molecular complexity index is 589. The second-order valence-corrected chi connectivity index (χ2v) is 4.48. The standard InChI is InChI=1S/C16H16FNO3/c17-13-7-4-8-14(9-13)21-11-16(20)18-10-15(19)12-5-2-1-3-6-12/h1-9,15,19H,10-11H2,(H,18,20). The number of aliphatic hydroxyl groups excluding tert-OH is 1. The van der Waals surface area contributed by atoms with Crippen LogP contribution in [0.4, 0.5) is 4.39 Å². The number of carbonyl (C=O) groups excluding carboxylic acids is 1. The molecule has 2 aromatic rings. The summed E-state index contributed by atoms with van der Waals surface area (Å²) in [5.41, 5.74) is 0.726. The molecule has 0 heterocycles. The molecular weight excluding hydrogens is 273 g/mol. The third kappa shape index (κ3) is 4.89. The first-order valence-corrected chi connectivity index (χ1v) is 6.53. The Balaban J connectivity index is 1.75. The van der Waals surface area contributed by atoms with Crippen LogP contribution < -0.4 is 10.1 Å². The van der Waals surface area contributed by atoms with Crippen molar-refractivity contribution in [2.45, 2.75) is 6.10 Å². The molecule has 110 valence electrons. The molecule has 0 bridgehead atoms. The molecule has 0 aromatic heterocycles. The zero-order chi connectivity index (χ0) is 15.1. The molecule has 0 aliphatic heterocycles. The normalized spacial score (nSPS) is 11.7. The maximum Gasteiger partial charge on any atom is 0.258 e. The van der Waals surface area contributed by atoms with Crippen LogP contribution in [0.25, 0.3) is 0 Å². The van der Waals surface area contributed by atoms with Gasteiger partial charge in [0.1, 0.15) is 11.6 Å². The Morgan fingerprint density at radius 1 is 1.19 bits per heavy atom. The molecule has 4 nitrogen and oxygen atoms in total. The molecule has 1 unspecified atom stereocenters. The van der Waals surface area contributed by atoms with E-state index >= 15 is 0 Å². The predicted molar refractivity (Wildman–Crippen MR) is 76.3 cm³/mol. The quantitative estimate of drug-likeness (QED) is 0.855. The second-order valence-electron chi connectivity index (χ2n) is 4.48. The highest BCUT2D eigenvalue weighted by molar-refractivity contribution is 5.77. The van der Waals surface area contributed by atoms with E-state index in [0.29, 0.717) is 0 Å². The Morgan fingerprint density at radius 2 is 1.95 bits per heavy atom. The molecular formula is C16H16FNO3. The maximum atomic E-state index is 12.9. The molecule has 0 saturated carbocycles. The van der Waals surface area contributed by atoms with Crippen LogP contribution in [0, 0.1) is 5.82 Å². The van der Waals surface area contributed by atoms with Gasteiger partial charge in [0.2, 0.25) is 0 Å². The first-order chi connectivity index (χ1) is 10.1. The van der Waals surface area contributed by atoms with Gasteiger partial charge in [-0.25, -0.2) is 4.39 Å². The molecule has 0 aliphatic carbocycles. The Morgan fingerprint density at radius 3 is 2.67 bits per heavy atom. The molecule has 5 heteroatoms. The number of benzene rings is 2. The highest BCUT2D eigenvalue weighted by Gasteiger charge is 2.09. The summed E-state index contributed by atoms with van der Waals surface area (Å²) in [6, 6.07) is 14.6. The van der Waals surface area contributed by atoms with E-state index in [1.54, 1.807) is 18.2 Å². The fourth-order valence-electron chi connectivity index (χ4n) is 1.76. The van der Waals surface area contributed by atoms with Gasteiger partial charge in [0.15, 0.2) is 6.61 Å². The minimum absolute atomic E-state index is 0.0926. The van der Waals surface area contributed by atoms with Crippen molar-refractivity contribution in [3.63, 3.8) is 0 Å². The highest BCUT2D eigenvalue weighted by atomic mass is 19.1. The summed E-state index contributed by atoms with van der Waals surface area (Å²) < 4.78 is 18.1. The van der Waals surface area contributed by atoms with E-state index in [9.17, 15) is 14.3 Å². The zero-order valence-electron chi connectivity index (χ0n) is 11.3. The maximum absolute atomic E-state index is 12.9. The monoisotopic (exact) mass is 289 g/mol. The van der Waals surface area contributed by atoms with Crippen LogP contribution in [0.3, 0.4) is 0 Å². The van der Waals surface area contributed by atoms with Crippen molar-refractivity contribution in [2.75, 3.05) is 13.2 Å². The van der Waals surface area contributed by atoms with Crippen molar-refractivity contribution >= 4 is 5.91 Å². The molecule has 1 amide bonds. The van der Waals surface area contributed by atoms with Crippen LogP contribution >= 0.6 is 0 Å². The van der Waals surface area contributed by atoms with Crippen molar-refractivity contribution in [1.29, 1.82) is 0 Å². The number of ether oxygens (including phenoxy) is 1. The summed E-state index contributed by atoms with van der Waals surface area (Å²) in [7, 11) is 0. The first kappa shape index (κ1) is 15.0. The van der Waals surface area contributed by atoms with Gasteiger partial charge in [-0.2, -0.15) is 0 Å². The number of halogens is 1. The molecule has 2 N–H and O–H groups in total. The number of hydrogen-bond donors (Lipinski definition) is 2. The number of aliphatic hydroxyl groups is 1. The lowest BCUT2D eigenvalue weighted by Gasteiger charge is -2.12. The Labute approximate surface area is 122 Å². The summed E-state index contributed by atoms with van der Waals surface area (Å²) >= 11 is 0. The number of carbonyl (C=O) groups is 1. The lowest BCUT2D eigenvalue weighted by molar-refractivity contribution is -0.123. The first-order valence-electron chi connectivity index (χ1n) is 6.53. The van der Waals surface area contributed by atoms with Gasteiger partial charge in [0.25, 0.3) is 5.91 Å². The molecule has 0 aliphatic rings. The highest BCUT2D eigenvalue weighted by Crippen LogP contribution is 2.12. The van der Waals surface area contributed by atoms with Gasteiger partial charge in [0, 0.05) is 12.6 Å². The van der Waals surface area contributed by atoms with Gasteiger partial charge in [-0.05, 0) is 17.7 Å². The van der Waals surface area contributed by atoms with E-state index in [2.05, 4.69) is 5.32 Å². The lowest BCUT2D eigenvalue weighted by Crippen LogP contribution is -2.32. The number of rotatable bonds is 6. The summed E-state index contributed by atoms with van der Waals surface area (Å²) in [4.78, 5) is 11.6. The average molecular weight is 289 g/mol. The Hall–Kier alpha value is -2.40. The van der Waals surface area contributed by atoms with Gasteiger partial charge in [-0.3, -0.25) is 4.79 Å². The van der Waals surface area contributed by atoms with E-state index in [0.717, 1.165) is 5.56 Å². The molecule has 0 saturated heterocycles. The summed E-state index contributed by atoms with van der Waals surface area (Å²) in [6.45, 7) is -0.139. The minimum Gasteiger partial charge on any atom is -0.484 e. The second kappa shape index (κ2) is 7.40. The number of hydrogen-bond acceptors (Lipinski definition) is 3. The van der Waals surface area contributed by atoms with E-state index in [-0.39, 0.29) is 24.8 Å². The van der Waals surface area contributed by atoms with E-state index in [1.165, 1.54) is 18.2 Å². The third-order valence-corrected chi connectivity index (χ3v) is 2.84. The van der Waals surface area contributed by atoms with Crippen molar-refractivity contribution in [2.24, 2.45) is 0 Å². The molecule has 0 fully saturated rings. The lowest BCUT2D eigenvalue weighted by atomic mass is 10.1. The van der Waals surface area contributed by atoms with E-state index < -0.39 is 11.9 Å². The van der Waals surface area contributed by atoms with E-state index in [4.69, 9.17) is 4.74 Å². The van der Waals surface area contributed by atoms with Crippen LogP contribution in [0.15, 0.2) is 54.6 Å². The van der Waals surface area contributed by atoms with Crippen molar-refractivity contribution in [1.82, 2.24) is 5.32 Å². The average Bonchev–Trinajstić information content (AvgIpc) is 2.51. The number of nitrogens with one attached hydrogen (secondary N) is 1. The van der Waals surface area contributed by atoms with Gasteiger partial charge in [-0.1, -0.05) is 36.4 Å². The number of amides is 1. The molecule has 0 radical (unpaired) electrons. The van der Waals surface area contributed by atoms with Gasteiger partial charge in [-0.15, -0.1) is 0 Å². The van der Waals surface area contributed by atoms with Gasteiger partial charge in [0.05, 0.1) is 6.10 Å². The van der Waals surface area contributed by atoms with Crippen molar-refractivity contribution in [3.8, 4) is 5.75 Å². The molecule has 21 heavy (non-hydrogen) atoms. The van der Waals surface area contributed by atoms with E-state index in [1.807, 2.05) is 18.2 Å². The summed E-state index contributed by atoms with van der Waals surface area (Å²) in [6.07, 6.45) is -0.774. The predicted octanol–water partition coefficient (Wildman–Crippen LogP) is 2.05. The molecule has 0 spiro atoms. The van der Waals surface area contributed by atoms with Crippen LogP contribution in [-0.4, -0.2) is 24.2 Å². The van der Waals surface area contributed by atoms with Crippen LogP contribution in [0.2, 0.25) is 0 Å². The Kier molecular flexibility index (Phi) is 5.29. The van der Waals surface area contributed by atoms with Crippen LogP contribution in [-0.2, 0) is 4.79 Å². The molecule has 2 rings (SSSR count). The minimum atomic E-state index is -0.774. The van der Waals surface area contributed by atoms with Crippen LogP contribution in [0.1, 0.15) is 11.7 Å². The van der Waals surface area contributed by atoms with Crippen LogP contribution in [0.5, 0.6) is 5.75 Å².